The molecule has 1 saturated heterocycles. The predicted octanol–water partition coefficient (Wildman–Crippen LogP) is 1.23. The first kappa shape index (κ1) is 29.5. The van der Waals surface area contributed by atoms with Crippen LogP contribution in [0.15, 0.2) is 64.3 Å². The first-order chi connectivity index (χ1) is 19.0. The molecule has 4 N–H and O–H groups in total. The summed E-state index contributed by atoms with van der Waals surface area (Å²) in [6.07, 6.45) is -3.89. The lowest BCUT2D eigenvalue weighted by Crippen LogP contribution is -2.48. The Morgan fingerprint density at radius 2 is 2.00 bits per heavy atom. The fraction of sp³-hybridized carbons (Fsp3) is 0.320. The number of aliphatic hydroxyl groups is 2. The largest absolute Gasteiger partial charge is 0.468 e. The molecule has 4 rings (SSSR count). The normalized spacial score (nSPS) is 24.5. The van der Waals surface area contributed by atoms with Gasteiger partial charge in [-0.05, 0) is 35.9 Å². The van der Waals surface area contributed by atoms with Gasteiger partial charge in [0.05, 0.1) is 13.7 Å². The number of fused-ring (bicyclic) bond motifs is 1. The average Bonchev–Trinajstić information content (AvgIpc) is 3.16. The van der Waals surface area contributed by atoms with E-state index < -0.39 is 61.7 Å². The lowest BCUT2D eigenvalue weighted by molar-refractivity contribution is -0.142. The van der Waals surface area contributed by atoms with Crippen molar-refractivity contribution in [2.24, 2.45) is 0 Å². The van der Waals surface area contributed by atoms with Crippen molar-refractivity contribution in [3.8, 4) is 17.0 Å². The molecule has 0 radical (unpaired) electrons. The van der Waals surface area contributed by atoms with Crippen LogP contribution in [0, 0.1) is 11.3 Å². The Hall–Kier alpha value is -3.47. The predicted molar refractivity (Wildman–Crippen MR) is 143 cm³/mol. The number of aliphatic hydroxyl groups excluding tert-OH is 1. The first-order valence-electron chi connectivity index (χ1n) is 11.8. The first-order valence-corrected chi connectivity index (χ1v) is 13.7. The van der Waals surface area contributed by atoms with Gasteiger partial charge in [0.15, 0.2) is 6.23 Å². The lowest BCUT2D eigenvalue weighted by Gasteiger charge is -2.26. The molecule has 1 fully saturated rings. The van der Waals surface area contributed by atoms with Crippen molar-refractivity contribution in [2.45, 2.75) is 37.0 Å². The maximum absolute atomic E-state index is 13.9. The second kappa shape index (κ2) is 12.0. The summed E-state index contributed by atoms with van der Waals surface area (Å²) >= 11 is 5.51. The zero-order valence-corrected chi connectivity index (χ0v) is 22.8. The Balaban J connectivity index is 1.64. The number of halogens is 1. The highest BCUT2D eigenvalue weighted by atomic mass is 35.5. The average molecular weight is 594 g/mol. The van der Waals surface area contributed by atoms with Gasteiger partial charge in [-0.25, -0.2) is 9.36 Å². The monoisotopic (exact) mass is 593 g/mol. The molecule has 1 aliphatic rings. The fourth-order valence-electron chi connectivity index (χ4n) is 4.14. The number of carbonyl (C=O) groups is 1. The second-order valence-corrected chi connectivity index (χ2v) is 10.7. The third-order valence-electron chi connectivity index (χ3n) is 6.12. The summed E-state index contributed by atoms with van der Waals surface area (Å²) in [5.41, 5.74) is -4.10. The van der Waals surface area contributed by atoms with Gasteiger partial charge in [0, 0.05) is 23.0 Å². The second-order valence-electron chi connectivity index (χ2n) is 8.77. The number of hydrogen-bond acceptors (Lipinski definition) is 10. The van der Waals surface area contributed by atoms with E-state index in [-0.39, 0.29) is 5.75 Å². The van der Waals surface area contributed by atoms with Gasteiger partial charge in [-0.3, -0.25) is 23.7 Å². The number of esters is 1. The number of methoxy groups -OCH3 is 1. The fourth-order valence-corrected chi connectivity index (χ4v) is 5.81. The summed E-state index contributed by atoms with van der Waals surface area (Å²) in [7, 11) is -3.26. The van der Waals surface area contributed by atoms with E-state index in [2.05, 4.69) is 11.0 Å². The molecule has 15 heteroatoms. The van der Waals surface area contributed by atoms with Gasteiger partial charge in [0.2, 0.25) is 5.60 Å². The molecule has 212 valence electrons. The van der Waals surface area contributed by atoms with Crippen LogP contribution >= 0.6 is 19.3 Å². The topological polar surface area (TPSA) is 178 Å². The van der Waals surface area contributed by atoms with Crippen molar-refractivity contribution in [1.82, 2.24) is 14.6 Å². The number of carbonyl (C=O) groups excluding carboxylic acids is 1. The van der Waals surface area contributed by atoms with Crippen molar-refractivity contribution < 1.29 is 38.1 Å². The molecule has 2 heterocycles. The van der Waals surface area contributed by atoms with Gasteiger partial charge in [0.25, 0.3) is 5.56 Å². The van der Waals surface area contributed by atoms with E-state index in [1.807, 2.05) is 28.6 Å². The van der Waals surface area contributed by atoms with Crippen LogP contribution in [0.1, 0.15) is 13.2 Å². The summed E-state index contributed by atoms with van der Waals surface area (Å²) in [5, 5.41) is 27.9. The summed E-state index contributed by atoms with van der Waals surface area (Å²) in [6, 6.07) is 12.0. The van der Waals surface area contributed by atoms with Crippen LogP contribution in [-0.2, 0) is 23.4 Å². The third kappa shape index (κ3) is 5.99. The number of ether oxygens (including phenoxy) is 2. The number of aromatic nitrogens is 2. The van der Waals surface area contributed by atoms with Gasteiger partial charge in [-0.2, -0.15) is 5.09 Å². The van der Waals surface area contributed by atoms with Crippen molar-refractivity contribution in [3.63, 3.8) is 0 Å². The number of nitrogens with zero attached hydrogens (tertiary/aromatic N) is 1. The van der Waals surface area contributed by atoms with Crippen LogP contribution in [0.2, 0.25) is 0 Å². The smallest absolute Gasteiger partial charge is 0.459 e. The maximum atomic E-state index is 13.9. The number of H-pyrrole nitrogens is 1. The maximum Gasteiger partial charge on any atom is 0.459 e. The highest BCUT2D eigenvalue weighted by Crippen LogP contribution is 2.48. The minimum atomic E-state index is -4.41. The van der Waals surface area contributed by atoms with E-state index in [0.717, 1.165) is 29.3 Å². The summed E-state index contributed by atoms with van der Waals surface area (Å²) in [6.45, 7) is 0.702. The summed E-state index contributed by atoms with van der Waals surface area (Å²) < 4.78 is 36.5. The van der Waals surface area contributed by atoms with Crippen molar-refractivity contribution in [1.29, 1.82) is 0 Å². The lowest BCUT2D eigenvalue weighted by atomic mass is 9.95. The van der Waals surface area contributed by atoms with Gasteiger partial charge >= 0.3 is 19.4 Å². The standard InChI is InChI=1S/C25H25ClN3O10P/c1-15(22(32)36-2)28-40(35,39-18-9-5-7-16-6-3-4-8-17(16)18)37-14-19-21(31)25(34,11-12-26)23(38-19)29-13-10-20(30)27-24(29)33/h3-10,13,15,19,21,23,31,34H,14H2,1-2H3,(H,28,35)(H,27,30,33). The van der Waals surface area contributed by atoms with Gasteiger partial charge < -0.3 is 24.2 Å². The number of hydrogen-bond donors (Lipinski definition) is 4. The van der Waals surface area contributed by atoms with Crippen molar-refractivity contribution in [3.05, 3.63) is 75.6 Å². The molecule has 0 saturated carbocycles. The molecule has 0 aliphatic carbocycles. The number of benzene rings is 2. The van der Waals surface area contributed by atoms with Crippen LogP contribution in [-0.4, -0.2) is 63.3 Å². The molecule has 2 aromatic carbocycles. The van der Waals surface area contributed by atoms with Crippen LogP contribution in [0.4, 0.5) is 0 Å². The number of aromatic amines is 1. The zero-order valence-electron chi connectivity index (χ0n) is 21.1. The summed E-state index contributed by atoms with van der Waals surface area (Å²) in [5.74, 6) is 1.62. The van der Waals surface area contributed by atoms with Crippen molar-refractivity contribution in [2.75, 3.05) is 13.7 Å². The number of nitrogens with one attached hydrogen (secondary N) is 2. The molecule has 6 atom stereocenters. The SMILES string of the molecule is COC(=O)C(C)NP(=O)(OCC1OC(n2ccc(=O)[nH]c2=O)C(O)(C#CCl)C1O)Oc1cccc2ccccc12. The van der Waals surface area contributed by atoms with Gasteiger partial charge in [-0.15, -0.1) is 0 Å². The molecule has 0 spiro atoms. The third-order valence-corrected chi connectivity index (χ3v) is 7.84. The van der Waals surface area contributed by atoms with Gasteiger partial charge in [0.1, 0.15) is 24.0 Å². The van der Waals surface area contributed by atoms with Crippen molar-refractivity contribution >= 4 is 36.1 Å². The minimum absolute atomic E-state index is 0.168. The Morgan fingerprint density at radius 1 is 1.27 bits per heavy atom. The highest BCUT2D eigenvalue weighted by Gasteiger charge is 2.56. The molecule has 0 bridgehead atoms. The molecule has 0 amide bonds. The summed E-state index contributed by atoms with van der Waals surface area (Å²) in [4.78, 5) is 38.0. The Kier molecular flexibility index (Phi) is 8.82. The van der Waals surface area contributed by atoms with Crippen LogP contribution < -0.4 is 20.9 Å². The van der Waals surface area contributed by atoms with E-state index in [4.69, 9.17) is 30.1 Å². The minimum Gasteiger partial charge on any atom is -0.468 e. The number of rotatable bonds is 9. The van der Waals surface area contributed by atoms with Gasteiger partial charge in [-0.1, -0.05) is 36.4 Å². The Morgan fingerprint density at radius 3 is 2.70 bits per heavy atom. The molecule has 6 unspecified atom stereocenters. The van der Waals surface area contributed by atoms with E-state index in [9.17, 15) is 29.2 Å². The molecule has 3 aromatic rings. The van der Waals surface area contributed by atoms with E-state index in [1.54, 1.807) is 24.3 Å². The van der Waals surface area contributed by atoms with Crippen LogP contribution in [0.5, 0.6) is 5.75 Å². The Bertz CT molecular complexity index is 1630. The molecular weight excluding hydrogens is 569 g/mol. The molecule has 1 aliphatic heterocycles. The molecule has 13 nitrogen and oxygen atoms in total. The molecular formula is C25H25ClN3O10P. The quantitative estimate of drug-likeness (QED) is 0.159. The molecule has 40 heavy (non-hydrogen) atoms. The molecule has 1 aromatic heterocycles. The zero-order chi connectivity index (χ0) is 29.1. The van der Waals surface area contributed by atoms with E-state index in [1.165, 1.54) is 6.92 Å². The highest BCUT2D eigenvalue weighted by molar-refractivity contribution is 7.52. The van der Waals surface area contributed by atoms with Crippen LogP contribution in [0.25, 0.3) is 10.8 Å². The van der Waals surface area contributed by atoms with E-state index in [0.29, 0.717) is 5.39 Å². The van der Waals surface area contributed by atoms with E-state index >= 15 is 0 Å². The Labute approximate surface area is 232 Å². The van der Waals surface area contributed by atoms with Crippen LogP contribution in [0.3, 0.4) is 0 Å².